The van der Waals surface area contributed by atoms with Crippen LogP contribution in [0, 0.1) is 12.8 Å². The zero-order valence-corrected chi connectivity index (χ0v) is 14.0. The monoisotopic (exact) mass is 335 g/mol. The first kappa shape index (κ1) is 16.0. The molecule has 0 aliphatic heterocycles. The van der Waals surface area contributed by atoms with Crippen molar-refractivity contribution in [3.63, 3.8) is 0 Å². The van der Waals surface area contributed by atoms with Crippen molar-refractivity contribution >= 4 is 27.5 Å². The van der Waals surface area contributed by atoms with Gasteiger partial charge in [-0.15, -0.1) is 11.6 Å². The van der Waals surface area contributed by atoms with Gasteiger partial charge in [-0.2, -0.15) is 5.10 Å². The number of aromatic nitrogens is 2. The van der Waals surface area contributed by atoms with Crippen molar-refractivity contribution in [2.45, 2.75) is 45.5 Å². The number of halogens is 2. The topological polar surface area (TPSA) is 29.9 Å². The molecule has 1 unspecified atom stereocenters. The highest BCUT2D eigenvalue weighted by Gasteiger charge is 2.16. The first-order valence-electron chi connectivity index (χ1n) is 6.53. The molecule has 1 atom stereocenters. The summed E-state index contributed by atoms with van der Waals surface area (Å²) >= 11 is 9.97. The molecule has 0 saturated heterocycles. The van der Waals surface area contributed by atoms with E-state index in [0.717, 1.165) is 36.1 Å². The van der Waals surface area contributed by atoms with Gasteiger partial charge in [0, 0.05) is 25.5 Å². The predicted octanol–water partition coefficient (Wildman–Crippen LogP) is 3.62. The van der Waals surface area contributed by atoms with E-state index in [0.29, 0.717) is 5.92 Å². The average molecular weight is 337 g/mol. The molecule has 0 bridgehead atoms. The number of hydrogen-bond donors (Lipinski definition) is 1. The fourth-order valence-electron chi connectivity index (χ4n) is 2.17. The minimum Gasteiger partial charge on any atom is -0.310 e. The summed E-state index contributed by atoms with van der Waals surface area (Å²) in [6.07, 6.45) is 2.28. The smallest absolute Gasteiger partial charge is 0.0739 e. The van der Waals surface area contributed by atoms with E-state index in [1.54, 1.807) is 0 Å². The Morgan fingerprint density at radius 1 is 1.39 bits per heavy atom. The molecule has 0 aliphatic carbocycles. The van der Waals surface area contributed by atoms with Gasteiger partial charge >= 0.3 is 0 Å². The Labute approximate surface area is 123 Å². The molecule has 0 radical (unpaired) electrons. The number of hydrogen-bond acceptors (Lipinski definition) is 2. The summed E-state index contributed by atoms with van der Waals surface area (Å²) < 4.78 is 3.00. The molecule has 104 valence electrons. The summed E-state index contributed by atoms with van der Waals surface area (Å²) in [6, 6.07) is 0. The molecule has 18 heavy (non-hydrogen) atoms. The largest absolute Gasteiger partial charge is 0.310 e. The van der Waals surface area contributed by atoms with Crippen molar-refractivity contribution < 1.29 is 0 Å². The van der Waals surface area contributed by atoms with E-state index < -0.39 is 0 Å². The van der Waals surface area contributed by atoms with E-state index in [1.807, 2.05) is 18.7 Å². The molecule has 1 N–H and O–H groups in total. The zero-order valence-electron chi connectivity index (χ0n) is 11.6. The Morgan fingerprint density at radius 3 is 2.44 bits per heavy atom. The van der Waals surface area contributed by atoms with Crippen LogP contribution in [0.3, 0.4) is 0 Å². The van der Waals surface area contributed by atoms with Crippen molar-refractivity contribution in [1.82, 2.24) is 15.1 Å². The molecular weight excluding hydrogens is 314 g/mol. The normalized spacial score (nSPS) is 13.3. The maximum atomic E-state index is 6.40. The van der Waals surface area contributed by atoms with Crippen LogP contribution in [-0.2, 0) is 13.6 Å². The molecule has 3 nitrogen and oxygen atoms in total. The molecule has 5 heteroatoms. The van der Waals surface area contributed by atoms with Gasteiger partial charge in [0.15, 0.2) is 0 Å². The average Bonchev–Trinajstić information content (AvgIpc) is 2.57. The van der Waals surface area contributed by atoms with Gasteiger partial charge in [0.2, 0.25) is 0 Å². The molecule has 1 heterocycles. The van der Waals surface area contributed by atoms with E-state index in [1.165, 1.54) is 5.69 Å². The highest BCUT2D eigenvalue weighted by atomic mass is 79.9. The Bertz CT molecular complexity index is 375. The Hall–Kier alpha value is -0.0600. The minimum absolute atomic E-state index is 0.202. The zero-order chi connectivity index (χ0) is 13.7. The van der Waals surface area contributed by atoms with Crippen molar-refractivity contribution in [3.05, 3.63) is 15.9 Å². The Kier molecular flexibility index (Phi) is 6.67. The molecule has 0 saturated carbocycles. The molecule has 0 aromatic carbocycles. The first-order valence-corrected chi connectivity index (χ1v) is 7.76. The van der Waals surface area contributed by atoms with Gasteiger partial charge in [0.05, 0.1) is 15.9 Å². The minimum atomic E-state index is 0.202. The lowest BCUT2D eigenvalue weighted by atomic mass is 9.99. The number of rotatable bonds is 7. The molecule has 1 aromatic heterocycles. The third-order valence-corrected chi connectivity index (χ3v) is 5.00. The second-order valence-corrected chi connectivity index (χ2v) is 6.05. The molecule has 0 amide bonds. The maximum Gasteiger partial charge on any atom is 0.0739 e. The van der Waals surface area contributed by atoms with Gasteiger partial charge in [-0.25, -0.2) is 0 Å². The van der Waals surface area contributed by atoms with Crippen LogP contribution < -0.4 is 5.32 Å². The predicted molar refractivity (Wildman–Crippen MR) is 81.1 cm³/mol. The SMILES string of the molecule is CCC(CC)C(Cl)CNCc1c(Br)c(C)nn1C. The molecular formula is C13H23BrClN3. The van der Waals surface area contributed by atoms with Gasteiger partial charge in [-0.05, 0) is 28.8 Å². The lowest BCUT2D eigenvalue weighted by molar-refractivity contribution is 0.443. The number of aryl methyl sites for hydroxylation is 2. The van der Waals surface area contributed by atoms with Gasteiger partial charge in [-0.1, -0.05) is 26.7 Å². The van der Waals surface area contributed by atoms with Crippen molar-refractivity contribution in [1.29, 1.82) is 0 Å². The van der Waals surface area contributed by atoms with Crippen molar-refractivity contribution in [2.24, 2.45) is 13.0 Å². The second kappa shape index (κ2) is 7.51. The summed E-state index contributed by atoms with van der Waals surface area (Å²) in [4.78, 5) is 0. The van der Waals surface area contributed by atoms with E-state index in [-0.39, 0.29) is 5.38 Å². The standard InChI is InChI=1S/C13H23BrClN3/c1-5-10(6-2)11(15)7-16-8-12-13(14)9(3)17-18(12)4/h10-11,16H,5-8H2,1-4H3. The fourth-order valence-corrected chi connectivity index (χ4v) is 3.11. The van der Waals surface area contributed by atoms with Crippen LogP contribution in [-0.4, -0.2) is 21.7 Å². The molecule has 0 aliphatic rings. The lowest BCUT2D eigenvalue weighted by Gasteiger charge is -2.19. The highest BCUT2D eigenvalue weighted by molar-refractivity contribution is 9.10. The summed E-state index contributed by atoms with van der Waals surface area (Å²) in [5.41, 5.74) is 2.19. The van der Waals surface area contributed by atoms with E-state index in [9.17, 15) is 0 Å². The number of nitrogens with one attached hydrogen (secondary N) is 1. The van der Waals surface area contributed by atoms with Crippen LogP contribution >= 0.6 is 27.5 Å². The van der Waals surface area contributed by atoms with Gasteiger partial charge < -0.3 is 5.32 Å². The highest BCUT2D eigenvalue weighted by Crippen LogP contribution is 2.21. The molecule has 0 fully saturated rings. The maximum absolute atomic E-state index is 6.40. The molecule has 0 spiro atoms. The van der Waals surface area contributed by atoms with Crippen molar-refractivity contribution in [2.75, 3.05) is 6.54 Å². The summed E-state index contributed by atoms with van der Waals surface area (Å²) in [5.74, 6) is 0.593. The van der Waals surface area contributed by atoms with Gasteiger partial charge in [-0.3, -0.25) is 4.68 Å². The van der Waals surface area contributed by atoms with E-state index >= 15 is 0 Å². The quantitative estimate of drug-likeness (QED) is 0.771. The third kappa shape index (κ3) is 3.97. The van der Waals surface area contributed by atoms with E-state index in [4.69, 9.17) is 11.6 Å². The van der Waals surface area contributed by atoms with Crippen LogP contribution in [0.15, 0.2) is 4.47 Å². The Balaban J connectivity index is 2.46. The first-order chi connectivity index (χ1) is 8.51. The van der Waals surface area contributed by atoms with Crippen molar-refractivity contribution in [3.8, 4) is 0 Å². The van der Waals surface area contributed by atoms with Crippen LogP contribution in [0.25, 0.3) is 0 Å². The molecule has 1 aromatic rings. The second-order valence-electron chi connectivity index (χ2n) is 4.69. The van der Waals surface area contributed by atoms with Crippen LogP contribution in [0.5, 0.6) is 0 Å². The Morgan fingerprint density at radius 2 is 2.00 bits per heavy atom. The number of nitrogens with zero attached hydrogens (tertiary/aromatic N) is 2. The van der Waals surface area contributed by atoms with Crippen LogP contribution in [0.4, 0.5) is 0 Å². The fraction of sp³-hybridized carbons (Fsp3) is 0.769. The number of alkyl halides is 1. The van der Waals surface area contributed by atoms with Gasteiger partial charge in [0.1, 0.15) is 0 Å². The lowest BCUT2D eigenvalue weighted by Crippen LogP contribution is -2.29. The summed E-state index contributed by atoms with van der Waals surface area (Å²) in [7, 11) is 1.97. The van der Waals surface area contributed by atoms with Crippen LogP contribution in [0.2, 0.25) is 0 Å². The van der Waals surface area contributed by atoms with E-state index in [2.05, 4.69) is 40.2 Å². The van der Waals surface area contributed by atoms with Gasteiger partial charge in [0.25, 0.3) is 0 Å². The summed E-state index contributed by atoms with van der Waals surface area (Å²) in [6.45, 7) is 8.03. The third-order valence-electron chi connectivity index (χ3n) is 3.45. The summed E-state index contributed by atoms with van der Waals surface area (Å²) in [5, 5.41) is 8.00. The van der Waals surface area contributed by atoms with Crippen LogP contribution in [0.1, 0.15) is 38.1 Å². The molecule has 1 rings (SSSR count).